The van der Waals surface area contributed by atoms with E-state index in [0.717, 1.165) is 24.1 Å². The third-order valence-electron chi connectivity index (χ3n) is 2.59. The molecule has 1 N–H and O–H groups in total. The molecule has 0 saturated carbocycles. The molecule has 0 aliphatic heterocycles. The Bertz CT molecular complexity index is 476. The molecule has 0 saturated heterocycles. The minimum absolute atomic E-state index is 0.199. The summed E-state index contributed by atoms with van der Waals surface area (Å²) in [5, 5.41) is 3.67. The van der Waals surface area contributed by atoms with Gasteiger partial charge in [0.25, 0.3) is 0 Å². The lowest BCUT2D eigenvalue weighted by atomic mass is 10.1. The zero-order valence-corrected chi connectivity index (χ0v) is 8.93. The number of furan rings is 1. The lowest BCUT2D eigenvalue weighted by Gasteiger charge is -1.99. The van der Waals surface area contributed by atoms with Crippen LogP contribution in [0.2, 0.25) is 0 Å². The lowest BCUT2D eigenvalue weighted by molar-refractivity contribution is 0.603. The van der Waals surface area contributed by atoms with Crippen molar-refractivity contribution in [2.24, 2.45) is 0 Å². The topological polar surface area (TPSA) is 25.2 Å². The zero-order chi connectivity index (χ0) is 10.8. The largest absolute Gasteiger partial charge is 0.464 e. The number of halogens is 1. The lowest BCUT2D eigenvalue weighted by Crippen LogP contribution is -2.10. The molecule has 0 radical (unpaired) electrons. The third kappa shape index (κ3) is 1.75. The van der Waals surface area contributed by atoms with Crippen LogP contribution in [0.4, 0.5) is 4.39 Å². The van der Waals surface area contributed by atoms with Crippen LogP contribution in [-0.2, 0) is 6.42 Å². The van der Waals surface area contributed by atoms with Gasteiger partial charge in [0.05, 0.1) is 11.6 Å². The summed E-state index contributed by atoms with van der Waals surface area (Å²) in [5.74, 6) is -0.199. The predicted molar refractivity (Wildman–Crippen MR) is 58.5 cm³/mol. The molecule has 1 aromatic carbocycles. The molecule has 1 heterocycles. The summed E-state index contributed by atoms with van der Waals surface area (Å²) in [6, 6.07) is 3.24. The number of fused-ring (bicyclic) bond motifs is 1. The van der Waals surface area contributed by atoms with Gasteiger partial charge in [-0.3, -0.25) is 0 Å². The molecule has 1 aromatic heterocycles. The van der Waals surface area contributed by atoms with Crippen LogP contribution in [0, 0.1) is 12.7 Å². The van der Waals surface area contributed by atoms with Crippen LogP contribution >= 0.6 is 0 Å². The van der Waals surface area contributed by atoms with Crippen LogP contribution in [0.3, 0.4) is 0 Å². The summed E-state index contributed by atoms with van der Waals surface area (Å²) >= 11 is 0. The van der Waals surface area contributed by atoms with Gasteiger partial charge in [0, 0.05) is 5.56 Å². The van der Waals surface area contributed by atoms with E-state index in [-0.39, 0.29) is 5.82 Å². The van der Waals surface area contributed by atoms with Crippen LogP contribution in [0.15, 0.2) is 22.8 Å². The molecular formula is C12H14FNO. The number of rotatable bonds is 3. The number of nitrogens with one attached hydrogen (secondary N) is 1. The summed E-state index contributed by atoms with van der Waals surface area (Å²) in [4.78, 5) is 0. The van der Waals surface area contributed by atoms with Crippen LogP contribution in [0.1, 0.15) is 11.1 Å². The molecule has 2 rings (SSSR count). The molecule has 2 nitrogen and oxygen atoms in total. The maximum atomic E-state index is 13.6. The Morgan fingerprint density at radius 2 is 2.20 bits per heavy atom. The van der Waals surface area contributed by atoms with E-state index in [4.69, 9.17) is 4.42 Å². The number of benzene rings is 1. The average Bonchev–Trinajstić information content (AvgIpc) is 2.65. The van der Waals surface area contributed by atoms with Gasteiger partial charge in [0.2, 0.25) is 0 Å². The average molecular weight is 207 g/mol. The van der Waals surface area contributed by atoms with Crippen molar-refractivity contribution in [1.82, 2.24) is 5.32 Å². The molecule has 0 unspecified atom stereocenters. The van der Waals surface area contributed by atoms with E-state index in [2.05, 4.69) is 5.32 Å². The third-order valence-corrected chi connectivity index (χ3v) is 2.59. The van der Waals surface area contributed by atoms with Gasteiger partial charge in [-0.15, -0.1) is 0 Å². The van der Waals surface area contributed by atoms with Gasteiger partial charge in [-0.25, -0.2) is 4.39 Å². The minimum atomic E-state index is -0.199. The van der Waals surface area contributed by atoms with E-state index in [1.165, 1.54) is 6.07 Å². The Hall–Kier alpha value is -1.35. The molecule has 0 aliphatic carbocycles. The van der Waals surface area contributed by atoms with Crippen molar-refractivity contribution in [1.29, 1.82) is 0 Å². The van der Waals surface area contributed by atoms with E-state index in [0.29, 0.717) is 11.0 Å². The van der Waals surface area contributed by atoms with Crippen molar-refractivity contribution < 1.29 is 8.81 Å². The van der Waals surface area contributed by atoms with Crippen molar-refractivity contribution in [2.45, 2.75) is 13.3 Å². The van der Waals surface area contributed by atoms with Crippen LogP contribution < -0.4 is 5.32 Å². The van der Waals surface area contributed by atoms with E-state index >= 15 is 0 Å². The Kier molecular flexibility index (Phi) is 2.73. The molecule has 0 aliphatic rings. The molecule has 0 bridgehead atoms. The maximum absolute atomic E-state index is 13.6. The molecule has 0 amide bonds. The maximum Gasteiger partial charge on any atom is 0.139 e. The molecule has 2 aromatic rings. The second-order valence-electron chi connectivity index (χ2n) is 3.68. The highest BCUT2D eigenvalue weighted by Gasteiger charge is 2.11. The molecule has 15 heavy (non-hydrogen) atoms. The molecule has 80 valence electrons. The second-order valence-corrected chi connectivity index (χ2v) is 3.68. The smallest absolute Gasteiger partial charge is 0.139 e. The summed E-state index contributed by atoms with van der Waals surface area (Å²) in [5.41, 5.74) is 2.57. The van der Waals surface area contributed by atoms with E-state index in [1.54, 1.807) is 12.3 Å². The van der Waals surface area contributed by atoms with Crippen LogP contribution in [0.5, 0.6) is 0 Å². The number of likely N-dealkylation sites (N-methyl/N-ethyl adjacent to an activating group) is 1. The first-order chi connectivity index (χ1) is 7.24. The molecule has 0 spiro atoms. The molecule has 0 fully saturated rings. The second kappa shape index (κ2) is 4.03. The van der Waals surface area contributed by atoms with Crippen molar-refractivity contribution in [3.63, 3.8) is 0 Å². The van der Waals surface area contributed by atoms with Crippen molar-refractivity contribution in [3.05, 3.63) is 35.3 Å². The van der Waals surface area contributed by atoms with Gasteiger partial charge in [-0.05, 0) is 38.6 Å². The minimum Gasteiger partial charge on any atom is -0.464 e. The highest BCUT2D eigenvalue weighted by molar-refractivity contribution is 5.84. The van der Waals surface area contributed by atoms with E-state index in [1.807, 2.05) is 14.0 Å². The van der Waals surface area contributed by atoms with Crippen molar-refractivity contribution >= 4 is 11.0 Å². The fourth-order valence-electron chi connectivity index (χ4n) is 1.75. The predicted octanol–water partition coefficient (Wildman–Crippen LogP) is 2.64. The highest BCUT2D eigenvalue weighted by Crippen LogP contribution is 2.27. The Balaban J connectivity index is 2.53. The van der Waals surface area contributed by atoms with E-state index < -0.39 is 0 Å². The standard InChI is InChI=1S/C12H14FNO/c1-8-3-4-10(13)11-9(5-6-14-2)7-15-12(8)11/h3-4,7,14H,5-6H2,1-2H3. The Morgan fingerprint density at radius 1 is 1.40 bits per heavy atom. The summed E-state index contributed by atoms with van der Waals surface area (Å²) in [7, 11) is 1.88. The van der Waals surface area contributed by atoms with Crippen molar-refractivity contribution in [2.75, 3.05) is 13.6 Å². The number of hydrogen-bond donors (Lipinski definition) is 1. The molecular weight excluding hydrogens is 193 g/mol. The summed E-state index contributed by atoms with van der Waals surface area (Å²) in [6.45, 7) is 2.75. The Morgan fingerprint density at radius 3 is 2.93 bits per heavy atom. The SMILES string of the molecule is CNCCc1coc2c(C)ccc(F)c12. The van der Waals surface area contributed by atoms with E-state index in [9.17, 15) is 4.39 Å². The van der Waals surface area contributed by atoms with Crippen molar-refractivity contribution in [3.8, 4) is 0 Å². The van der Waals surface area contributed by atoms with Gasteiger partial charge >= 0.3 is 0 Å². The first-order valence-corrected chi connectivity index (χ1v) is 5.04. The van der Waals surface area contributed by atoms with Crippen LogP contribution in [0.25, 0.3) is 11.0 Å². The summed E-state index contributed by atoms with van der Waals surface area (Å²) in [6.07, 6.45) is 2.43. The zero-order valence-electron chi connectivity index (χ0n) is 8.93. The molecule has 3 heteroatoms. The molecule has 0 atom stereocenters. The normalized spacial score (nSPS) is 11.1. The van der Waals surface area contributed by atoms with Gasteiger partial charge in [-0.2, -0.15) is 0 Å². The fraction of sp³-hybridized carbons (Fsp3) is 0.333. The van der Waals surface area contributed by atoms with Gasteiger partial charge in [0.15, 0.2) is 0 Å². The number of hydrogen-bond acceptors (Lipinski definition) is 2. The quantitative estimate of drug-likeness (QED) is 0.837. The Labute approximate surface area is 88.1 Å². The number of aryl methyl sites for hydroxylation is 1. The van der Waals surface area contributed by atoms with Crippen LogP contribution in [-0.4, -0.2) is 13.6 Å². The summed E-state index contributed by atoms with van der Waals surface area (Å²) < 4.78 is 19.0. The monoisotopic (exact) mass is 207 g/mol. The van der Waals surface area contributed by atoms with Gasteiger partial charge in [-0.1, -0.05) is 6.07 Å². The van der Waals surface area contributed by atoms with Gasteiger partial charge < -0.3 is 9.73 Å². The highest BCUT2D eigenvalue weighted by atomic mass is 19.1. The van der Waals surface area contributed by atoms with Gasteiger partial charge in [0.1, 0.15) is 11.4 Å². The first kappa shape index (κ1) is 10.2. The fourth-order valence-corrected chi connectivity index (χ4v) is 1.75. The first-order valence-electron chi connectivity index (χ1n) is 5.04.